The van der Waals surface area contributed by atoms with Crippen molar-refractivity contribution in [3.63, 3.8) is 0 Å². The predicted octanol–water partition coefficient (Wildman–Crippen LogP) is 2.90. The molecule has 0 radical (unpaired) electrons. The molecule has 0 amide bonds. The van der Waals surface area contributed by atoms with Crippen LogP contribution in [0.1, 0.15) is 40.0 Å². The lowest BCUT2D eigenvalue weighted by Crippen LogP contribution is -2.55. The topological polar surface area (TPSA) is 44.5 Å². The molecule has 0 spiro atoms. The van der Waals surface area contributed by atoms with Gasteiger partial charge in [0.2, 0.25) is 0 Å². The summed E-state index contributed by atoms with van der Waals surface area (Å²) >= 11 is 0. The van der Waals surface area contributed by atoms with E-state index >= 15 is 0 Å². The average Bonchev–Trinajstić information content (AvgIpc) is 2.19. The van der Waals surface area contributed by atoms with Crippen molar-refractivity contribution < 1.29 is 9.16 Å². The Balaban J connectivity index is 2.76. The summed E-state index contributed by atoms with van der Waals surface area (Å²) in [5.74, 6) is 0. The first kappa shape index (κ1) is 15.2. The van der Waals surface area contributed by atoms with Crippen molar-refractivity contribution in [2.75, 3.05) is 7.11 Å². The summed E-state index contributed by atoms with van der Waals surface area (Å²) in [5.41, 5.74) is 6.21. The van der Waals surface area contributed by atoms with E-state index in [4.69, 9.17) is 14.9 Å². The lowest BCUT2D eigenvalue weighted by molar-refractivity contribution is -0.0388. The van der Waals surface area contributed by atoms with Gasteiger partial charge in [-0.1, -0.05) is 20.8 Å². The molecule has 1 aliphatic carbocycles. The zero-order valence-corrected chi connectivity index (χ0v) is 13.2. The minimum Gasteiger partial charge on any atom is -0.410 e. The summed E-state index contributed by atoms with van der Waals surface area (Å²) in [6.45, 7) is 11.3. The molecule has 102 valence electrons. The molecule has 0 bridgehead atoms. The first-order valence-electron chi connectivity index (χ1n) is 6.65. The van der Waals surface area contributed by atoms with Gasteiger partial charge in [-0.3, -0.25) is 0 Å². The lowest BCUT2D eigenvalue weighted by atomic mass is 9.91. The maximum Gasteiger partial charge on any atom is 0.192 e. The summed E-state index contributed by atoms with van der Waals surface area (Å²) < 4.78 is 12.0. The van der Waals surface area contributed by atoms with Gasteiger partial charge in [0.25, 0.3) is 0 Å². The predicted molar refractivity (Wildman–Crippen MR) is 74.7 cm³/mol. The van der Waals surface area contributed by atoms with Crippen LogP contribution in [0.3, 0.4) is 0 Å². The highest BCUT2D eigenvalue weighted by molar-refractivity contribution is 6.74. The van der Waals surface area contributed by atoms with Crippen LogP contribution in [0.2, 0.25) is 18.1 Å². The van der Waals surface area contributed by atoms with E-state index in [1.807, 2.05) is 0 Å². The monoisotopic (exact) mass is 259 g/mol. The summed E-state index contributed by atoms with van der Waals surface area (Å²) in [7, 11) is 0.0164. The van der Waals surface area contributed by atoms with Crippen molar-refractivity contribution in [1.29, 1.82) is 0 Å². The summed E-state index contributed by atoms with van der Waals surface area (Å²) in [4.78, 5) is 0. The average molecular weight is 259 g/mol. The first-order valence-corrected chi connectivity index (χ1v) is 9.56. The Morgan fingerprint density at radius 3 is 2.24 bits per heavy atom. The molecule has 0 aromatic carbocycles. The Kier molecular flexibility index (Phi) is 4.80. The molecule has 1 fully saturated rings. The molecule has 0 heterocycles. The van der Waals surface area contributed by atoms with Gasteiger partial charge in [-0.15, -0.1) is 0 Å². The van der Waals surface area contributed by atoms with Gasteiger partial charge in [-0.25, -0.2) is 0 Å². The van der Waals surface area contributed by atoms with Gasteiger partial charge >= 0.3 is 0 Å². The van der Waals surface area contributed by atoms with E-state index in [1.54, 1.807) is 7.11 Å². The maximum absolute atomic E-state index is 6.45. The van der Waals surface area contributed by atoms with E-state index in [0.717, 1.165) is 19.3 Å². The van der Waals surface area contributed by atoms with E-state index < -0.39 is 8.32 Å². The van der Waals surface area contributed by atoms with Crippen LogP contribution in [0, 0.1) is 0 Å². The molecule has 0 aromatic rings. The highest BCUT2D eigenvalue weighted by Crippen LogP contribution is 2.39. The zero-order chi connectivity index (χ0) is 13.3. The molecule has 3 nitrogen and oxygen atoms in total. The van der Waals surface area contributed by atoms with Crippen molar-refractivity contribution in [3.05, 3.63) is 0 Å². The van der Waals surface area contributed by atoms with Crippen LogP contribution < -0.4 is 5.73 Å². The van der Waals surface area contributed by atoms with Gasteiger partial charge in [0.1, 0.15) is 0 Å². The van der Waals surface area contributed by atoms with E-state index in [-0.39, 0.29) is 23.3 Å². The number of rotatable bonds is 3. The molecule has 0 aromatic heterocycles. The second-order valence-electron chi connectivity index (χ2n) is 6.71. The van der Waals surface area contributed by atoms with Gasteiger partial charge < -0.3 is 14.9 Å². The molecule has 1 aliphatic rings. The molecule has 1 unspecified atom stereocenters. The van der Waals surface area contributed by atoms with Crippen LogP contribution in [0.15, 0.2) is 0 Å². The number of nitrogens with two attached hydrogens (primary N) is 1. The fourth-order valence-corrected chi connectivity index (χ4v) is 3.45. The van der Waals surface area contributed by atoms with Gasteiger partial charge in [0, 0.05) is 13.2 Å². The zero-order valence-electron chi connectivity index (χ0n) is 12.2. The summed E-state index contributed by atoms with van der Waals surface area (Å²) in [5, 5.41) is 0.225. The fraction of sp³-hybridized carbons (Fsp3) is 1.00. The second kappa shape index (κ2) is 5.39. The third-order valence-corrected chi connectivity index (χ3v) is 8.83. The van der Waals surface area contributed by atoms with E-state index in [9.17, 15) is 0 Å². The Morgan fingerprint density at radius 2 is 1.76 bits per heavy atom. The van der Waals surface area contributed by atoms with Crippen molar-refractivity contribution in [2.24, 2.45) is 5.73 Å². The van der Waals surface area contributed by atoms with Gasteiger partial charge in [0.15, 0.2) is 8.32 Å². The van der Waals surface area contributed by atoms with E-state index in [1.165, 1.54) is 0 Å². The second-order valence-corrected chi connectivity index (χ2v) is 11.5. The van der Waals surface area contributed by atoms with Crippen LogP contribution in [0.4, 0.5) is 0 Å². The molecule has 1 rings (SSSR count). The van der Waals surface area contributed by atoms with Crippen LogP contribution in [0.25, 0.3) is 0 Å². The van der Waals surface area contributed by atoms with Crippen LogP contribution in [0.5, 0.6) is 0 Å². The minimum atomic E-state index is -1.75. The molecule has 17 heavy (non-hydrogen) atoms. The van der Waals surface area contributed by atoms with Gasteiger partial charge in [-0.2, -0.15) is 0 Å². The van der Waals surface area contributed by atoms with E-state index in [2.05, 4.69) is 33.9 Å². The Hall–Kier alpha value is 0.0969. The lowest BCUT2D eigenvalue weighted by Gasteiger charge is -2.44. The van der Waals surface area contributed by atoms with Crippen LogP contribution in [-0.2, 0) is 9.16 Å². The SMILES string of the molecule is CO[C@@H]1CCC[C@H](N)C1O[Si](C)(C)C(C)(C)C. The number of methoxy groups -OCH3 is 1. The molecular weight excluding hydrogens is 230 g/mol. The largest absolute Gasteiger partial charge is 0.410 e. The number of hydrogen-bond acceptors (Lipinski definition) is 3. The third kappa shape index (κ3) is 3.53. The molecule has 2 N–H and O–H groups in total. The van der Waals surface area contributed by atoms with E-state index in [0.29, 0.717) is 0 Å². The number of ether oxygens (including phenoxy) is 1. The Labute approximate surface area is 107 Å². The normalized spacial score (nSPS) is 31.6. The van der Waals surface area contributed by atoms with Crippen molar-refractivity contribution in [1.82, 2.24) is 0 Å². The Morgan fingerprint density at radius 1 is 1.18 bits per heavy atom. The molecule has 0 aliphatic heterocycles. The van der Waals surface area contributed by atoms with Crippen molar-refractivity contribution >= 4 is 8.32 Å². The molecular formula is C13H29NO2Si. The minimum absolute atomic E-state index is 0.0784. The first-order chi connectivity index (χ1) is 7.69. The van der Waals surface area contributed by atoms with Crippen LogP contribution >= 0.6 is 0 Å². The molecule has 3 atom stereocenters. The third-order valence-electron chi connectivity index (χ3n) is 4.35. The van der Waals surface area contributed by atoms with Gasteiger partial charge in [-0.05, 0) is 37.4 Å². The number of hydrogen-bond donors (Lipinski definition) is 1. The summed E-state index contributed by atoms with van der Waals surface area (Å²) in [6.07, 6.45) is 3.53. The molecule has 0 saturated heterocycles. The molecule has 1 saturated carbocycles. The standard InChI is InChI=1S/C13H29NO2Si/c1-13(2,3)17(5,6)16-12-10(14)8-7-9-11(12)15-4/h10-12H,7-9,14H2,1-6H3/t10-,11+,12?/m0/s1. The highest BCUT2D eigenvalue weighted by atomic mass is 28.4. The maximum atomic E-state index is 6.45. The highest BCUT2D eigenvalue weighted by Gasteiger charge is 2.43. The summed E-state index contributed by atoms with van der Waals surface area (Å²) in [6, 6.07) is 0.128. The fourth-order valence-electron chi connectivity index (χ4n) is 2.09. The smallest absolute Gasteiger partial charge is 0.192 e. The quantitative estimate of drug-likeness (QED) is 0.793. The van der Waals surface area contributed by atoms with Crippen molar-refractivity contribution in [2.45, 2.75) is 76.4 Å². The van der Waals surface area contributed by atoms with Crippen LogP contribution in [-0.4, -0.2) is 33.7 Å². The van der Waals surface area contributed by atoms with Crippen molar-refractivity contribution in [3.8, 4) is 0 Å². The molecule has 4 heteroatoms. The van der Waals surface area contributed by atoms with Gasteiger partial charge in [0.05, 0.1) is 12.2 Å². The Bertz CT molecular complexity index is 250.